The molecular formula is C16H24O5. The SMILES string of the molecule is CCOC(=O)C[C@H](O)CCCOCc1ccc(OC)cc1. The summed E-state index contributed by atoms with van der Waals surface area (Å²) in [4.78, 5) is 11.2. The van der Waals surface area contributed by atoms with Crippen molar-refractivity contribution in [2.75, 3.05) is 20.3 Å². The molecule has 1 atom stereocenters. The summed E-state index contributed by atoms with van der Waals surface area (Å²) in [6.45, 7) is 3.16. The highest BCUT2D eigenvalue weighted by molar-refractivity contribution is 5.69. The van der Waals surface area contributed by atoms with Gasteiger partial charge in [-0.05, 0) is 37.5 Å². The number of aliphatic hydroxyl groups excluding tert-OH is 1. The summed E-state index contributed by atoms with van der Waals surface area (Å²) in [5.74, 6) is 0.463. The van der Waals surface area contributed by atoms with Gasteiger partial charge in [-0.3, -0.25) is 4.79 Å². The highest BCUT2D eigenvalue weighted by Crippen LogP contribution is 2.12. The summed E-state index contributed by atoms with van der Waals surface area (Å²) in [7, 11) is 1.63. The predicted molar refractivity (Wildman–Crippen MR) is 79.1 cm³/mol. The molecule has 0 aromatic heterocycles. The third-order valence-corrected chi connectivity index (χ3v) is 2.96. The van der Waals surface area contributed by atoms with Gasteiger partial charge in [-0.25, -0.2) is 0 Å². The van der Waals surface area contributed by atoms with Gasteiger partial charge in [0.25, 0.3) is 0 Å². The van der Waals surface area contributed by atoms with E-state index in [0.717, 1.165) is 11.3 Å². The number of aliphatic hydroxyl groups is 1. The Morgan fingerprint density at radius 3 is 2.62 bits per heavy atom. The second kappa shape index (κ2) is 10.2. The van der Waals surface area contributed by atoms with Gasteiger partial charge in [-0.2, -0.15) is 0 Å². The molecule has 1 aromatic rings. The highest BCUT2D eigenvalue weighted by Gasteiger charge is 2.11. The first-order chi connectivity index (χ1) is 10.2. The number of carbonyl (C=O) groups is 1. The number of hydrogen-bond donors (Lipinski definition) is 1. The summed E-state index contributed by atoms with van der Waals surface area (Å²) in [5, 5.41) is 9.65. The Bertz CT molecular complexity index is 402. The first-order valence-electron chi connectivity index (χ1n) is 7.20. The molecule has 1 aromatic carbocycles. The summed E-state index contributed by atoms with van der Waals surface area (Å²) in [6.07, 6.45) is 0.624. The minimum Gasteiger partial charge on any atom is -0.497 e. The normalized spacial score (nSPS) is 12.0. The van der Waals surface area contributed by atoms with Gasteiger partial charge >= 0.3 is 5.97 Å². The maximum atomic E-state index is 11.2. The third-order valence-electron chi connectivity index (χ3n) is 2.96. The zero-order valence-corrected chi connectivity index (χ0v) is 12.7. The van der Waals surface area contributed by atoms with Gasteiger partial charge in [-0.15, -0.1) is 0 Å². The smallest absolute Gasteiger partial charge is 0.308 e. The molecule has 0 saturated carbocycles. The molecule has 0 amide bonds. The Morgan fingerprint density at radius 1 is 1.29 bits per heavy atom. The molecule has 0 radical (unpaired) electrons. The quantitative estimate of drug-likeness (QED) is 0.530. The molecule has 118 valence electrons. The maximum absolute atomic E-state index is 11.2. The summed E-state index contributed by atoms with van der Waals surface area (Å²) >= 11 is 0. The molecule has 5 nitrogen and oxygen atoms in total. The number of ether oxygens (including phenoxy) is 3. The van der Waals surface area contributed by atoms with Crippen LogP contribution in [0.2, 0.25) is 0 Å². The van der Waals surface area contributed by atoms with Crippen LogP contribution in [0, 0.1) is 0 Å². The summed E-state index contributed by atoms with van der Waals surface area (Å²) in [5.41, 5.74) is 1.07. The average molecular weight is 296 g/mol. The molecule has 1 rings (SSSR count). The lowest BCUT2D eigenvalue weighted by molar-refractivity contribution is -0.145. The first-order valence-corrected chi connectivity index (χ1v) is 7.20. The molecule has 5 heteroatoms. The molecule has 0 spiro atoms. The Hall–Kier alpha value is -1.59. The molecule has 0 bridgehead atoms. The minimum atomic E-state index is -0.659. The third kappa shape index (κ3) is 7.68. The van der Waals surface area contributed by atoms with Crippen LogP contribution < -0.4 is 4.74 Å². The van der Waals surface area contributed by atoms with Crippen molar-refractivity contribution < 1.29 is 24.1 Å². The van der Waals surface area contributed by atoms with Crippen LogP contribution in [0.25, 0.3) is 0 Å². The fourth-order valence-electron chi connectivity index (χ4n) is 1.85. The van der Waals surface area contributed by atoms with Crippen molar-refractivity contribution in [3.8, 4) is 5.75 Å². The van der Waals surface area contributed by atoms with Crippen LogP contribution in [-0.4, -0.2) is 37.5 Å². The number of methoxy groups -OCH3 is 1. The second-order valence-electron chi connectivity index (χ2n) is 4.71. The van der Waals surface area contributed by atoms with E-state index in [1.807, 2.05) is 24.3 Å². The lowest BCUT2D eigenvalue weighted by Gasteiger charge is -2.10. The van der Waals surface area contributed by atoms with Crippen molar-refractivity contribution in [2.24, 2.45) is 0 Å². The van der Waals surface area contributed by atoms with E-state index in [1.165, 1.54) is 0 Å². The monoisotopic (exact) mass is 296 g/mol. The van der Waals surface area contributed by atoms with Crippen molar-refractivity contribution in [2.45, 2.75) is 38.9 Å². The lowest BCUT2D eigenvalue weighted by atomic mass is 10.1. The largest absolute Gasteiger partial charge is 0.497 e. The first kappa shape index (κ1) is 17.5. The molecular weight excluding hydrogens is 272 g/mol. The van der Waals surface area contributed by atoms with Gasteiger partial charge < -0.3 is 19.3 Å². The molecule has 0 saturated heterocycles. The zero-order valence-electron chi connectivity index (χ0n) is 12.7. The number of benzene rings is 1. The number of carbonyl (C=O) groups excluding carboxylic acids is 1. The van der Waals surface area contributed by atoms with Crippen LogP contribution in [0.5, 0.6) is 5.75 Å². The van der Waals surface area contributed by atoms with Crippen LogP contribution in [-0.2, 0) is 20.9 Å². The second-order valence-corrected chi connectivity index (χ2v) is 4.71. The molecule has 0 unspecified atom stereocenters. The summed E-state index contributed by atoms with van der Waals surface area (Å²) in [6, 6.07) is 7.69. The minimum absolute atomic E-state index is 0.0479. The molecule has 0 aliphatic heterocycles. The van der Waals surface area contributed by atoms with Gasteiger partial charge in [0.1, 0.15) is 5.75 Å². The lowest BCUT2D eigenvalue weighted by Crippen LogP contribution is -2.16. The van der Waals surface area contributed by atoms with Gasteiger partial charge in [0, 0.05) is 6.61 Å². The van der Waals surface area contributed by atoms with Crippen LogP contribution in [0.15, 0.2) is 24.3 Å². The molecule has 21 heavy (non-hydrogen) atoms. The molecule has 0 aliphatic carbocycles. The highest BCUT2D eigenvalue weighted by atomic mass is 16.5. The van der Waals surface area contributed by atoms with Crippen LogP contribution >= 0.6 is 0 Å². The van der Waals surface area contributed by atoms with Gasteiger partial charge in [-0.1, -0.05) is 12.1 Å². The number of hydrogen-bond acceptors (Lipinski definition) is 5. The van der Waals surface area contributed by atoms with E-state index in [4.69, 9.17) is 14.2 Å². The van der Waals surface area contributed by atoms with Gasteiger partial charge in [0.2, 0.25) is 0 Å². The molecule has 0 fully saturated rings. The van der Waals surface area contributed by atoms with Gasteiger partial charge in [0.05, 0.1) is 32.8 Å². The van der Waals surface area contributed by atoms with Crippen LogP contribution in [0.3, 0.4) is 0 Å². The van der Waals surface area contributed by atoms with Crippen molar-refractivity contribution in [3.05, 3.63) is 29.8 Å². The van der Waals surface area contributed by atoms with E-state index >= 15 is 0 Å². The Kier molecular flexibility index (Phi) is 8.47. The van der Waals surface area contributed by atoms with Crippen LogP contribution in [0.1, 0.15) is 31.7 Å². The fraction of sp³-hybridized carbons (Fsp3) is 0.562. The zero-order chi connectivity index (χ0) is 15.5. The van der Waals surface area contributed by atoms with E-state index in [1.54, 1.807) is 14.0 Å². The molecule has 1 N–H and O–H groups in total. The summed E-state index contributed by atoms with van der Waals surface area (Å²) < 4.78 is 15.4. The van der Waals surface area contributed by atoms with E-state index in [0.29, 0.717) is 32.7 Å². The topological polar surface area (TPSA) is 65.0 Å². The Labute approximate surface area is 125 Å². The van der Waals surface area contributed by atoms with E-state index in [9.17, 15) is 9.90 Å². The maximum Gasteiger partial charge on any atom is 0.308 e. The van der Waals surface area contributed by atoms with Gasteiger partial charge in [0.15, 0.2) is 0 Å². The fourth-order valence-corrected chi connectivity index (χ4v) is 1.85. The number of esters is 1. The Morgan fingerprint density at radius 2 is 2.00 bits per heavy atom. The Balaban J connectivity index is 2.09. The van der Waals surface area contributed by atoms with E-state index in [2.05, 4.69) is 0 Å². The predicted octanol–water partition coefficient (Wildman–Crippen LogP) is 2.31. The van der Waals surface area contributed by atoms with Crippen LogP contribution in [0.4, 0.5) is 0 Å². The van der Waals surface area contributed by atoms with E-state index in [-0.39, 0.29) is 12.4 Å². The van der Waals surface area contributed by atoms with E-state index < -0.39 is 6.10 Å². The van der Waals surface area contributed by atoms with Crippen molar-refractivity contribution in [3.63, 3.8) is 0 Å². The molecule has 0 heterocycles. The van der Waals surface area contributed by atoms with Crippen molar-refractivity contribution in [1.82, 2.24) is 0 Å². The molecule has 0 aliphatic rings. The standard InChI is InChI=1S/C16H24O5/c1-3-21-16(18)11-14(17)5-4-10-20-12-13-6-8-15(19-2)9-7-13/h6-9,14,17H,3-5,10-12H2,1-2H3/t14-/m1/s1. The number of rotatable bonds is 10. The van der Waals surface area contributed by atoms with Crippen molar-refractivity contribution >= 4 is 5.97 Å². The average Bonchev–Trinajstić information content (AvgIpc) is 2.47. The van der Waals surface area contributed by atoms with Crippen molar-refractivity contribution in [1.29, 1.82) is 0 Å².